The topological polar surface area (TPSA) is 25.4 Å². The van der Waals surface area contributed by atoms with E-state index in [0.717, 1.165) is 24.1 Å². The van der Waals surface area contributed by atoms with E-state index >= 15 is 0 Å². The number of ether oxygens (including phenoxy) is 1. The molecule has 2 heterocycles. The second-order valence-electron chi connectivity index (χ2n) is 5.49. The number of aromatic nitrogens is 1. The van der Waals surface area contributed by atoms with Crippen molar-refractivity contribution in [1.29, 1.82) is 0 Å². The third kappa shape index (κ3) is 2.76. The van der Waals surface area contributed by atoms with Gasteiger partial charge in [-0.15, -0.1) is 0 Å². The summed E-state index contributed by atoms with van der Waals surface area (Å²) in [6.45, 7) is 1.12. The van der Waals surface area contributed by atoms with Crippen LogP contribution in [0.4, 0.5) is 4.39 Å². The minimum atomic E-state index is -0.349. The summed E-state index contributed by atoms with van der Waals surface area (Å²) in [7, 11) is 3.60. The van der Waals surface area contributed by atoms with E-state index in [0.29, 0.717) is 6.04 Å². The molecule has 0 amide bonds. The fraction of sp³-hybridized carbons (Fsp3) is 0.353. The minimum absolute atomic E-state index is 0.262. The maximum Gasteiger partial charge on any atom is 0.165 e. The summed E-state index contributed by atoms with van der Waals surface area (Å²) < 4.78 is 18.8. The lowest BCUT2D eigenvalue weighted by Gasteiger charge is -2.20. The largest absolute Gasteiger partial charge is 0.494 e. The van der Waals surface area contributed by atoms with Crippen LogP contribution in [0.25, 0.3) is 11.1 Å². The molecule has 0 spiro atoms. The third-order valence-electron chi connectivity index (χ3n) is 4.15. The molecule has 21 heavy (non-hydrogen) atoms. The van der Waals surface area contributed by atoms with Gasteiger partial charge in [-0.25, -0.2) is 4.39 Å². The van der Waals surface area contributed by atoms with E-state index in [2.05, 4.69) is 23.0 Å². The highest BCUT2D eigenvalue weighted by Gasteiger charge is 2.23. The van der Waals surface area contributed by atoms with Crippen LogP contribution >= 0.6 is 0 Å². The summed E-state index contributed by atoms with van der Waals surface area (Å²) in [6, 6.07) is 7.54. The van der Waals surface area contributed by atoms with E-state index in [1.807, 2.05) is 12.3 Å². The second-order valence-corrected chi connectivity index (χ2v) is 5.49. The van der Waals surface area contributed by atoms with Gasteiger partial charge in [0.05, 0.1) is 7.11 Å². The molecule has 1 fully saturated rings. The van der Waals surface area contributed by atoms with Gasteiger partial charge in [0, 0.05) is 24.0 Å². The molecule has 2 aromatic rings. The van der Waals surface area contributed by atoms with Gasteiger partial charge in [0.25, 0.3) is 0 Å². The lowest BCUT2D eigenvalue weighted by molar-refractivity contribution is 0.317. The van der Waals surface area contributed by atoms with Crippen molar-refractivity contribution >= 4 is 0 Å². The number of nitrogens with zero attached hydrogens (tertiary/aromatic N) is 2. The summed E-state index contributed by atoms with van der Waals surface area (Å²) in [4.78, 5) is 6.67. The van der Waals surface area contributed by atoms with Crippen LogP contribution in [0.5, 0.6) is 5.75 Å². The second kappa shape index (κ2) is 5.82. The molecule has 1 unspecified atom stereocenters. The van der Waals surface area contributed by atoms with Gasteiger partial charge in [0.15, 0.2) is 11.6 Å². The van der Waals surface area contributed by atoms with Crippen molar-refractivity contribution in [3.05, 3.63) is 48.0 Å². The summed E-state index contributed by atoms with van der Waals surface area (Å²) in [5.41, 5.74) is 2.96. The first-order valence-corrected chi connectivity index (χ1v) is 7.18. The molecule has 0 radical (unpaired) electrons. The Balaban J connectivity index is 1.94. The molecule has 1 aromatic carbocycles. The maximum atomic E-state index is 13.8. The third-order valence-corrected chi connectivity index (χ3v) is 4.15. The Morgan fingerprint density at radius 2 is 2.10 bits per heavy atom. The van der Waals surface area contributed by atoms with Gasteiger partial charge in [0.1, 0.15) is 0 Å². The van der Waals surface area contributed by atoms with Crippen LogP contribution in [0.1, 0.15) is 24.4 Å². The Morgan fingerprint density at radius 1 is 1.24 bits per heavy atom. The molecule has 0 saturated carbocycles. The molecule has 1 saturated heterocycles. The molecule has 1 aliphatic rings. The molecule has 1 aromatic heterocycles. The predicted molar refractivity (Wildman–Crippen MR) is 80.8 cm³/mol. The highest BCUT2D eigenvalue weighted by molar-refractivity contribution is 5.64. The molecule has 0 N–H and O–H groups in total. The number of hydrogen-bond donors (Lipinski definition) is 0. The fourth-order valence-corrected chi connectivity index (χ4v) is 2.98. The van der Waals surface area contributed by atoms with Crippen molar-refractivity contribution in [2.24, 2.45) is 0 Å². The van der Waals surface area contributed by atoms with E-state index in [1.165, 1.54) is 25.2 Å². The zero-order chi connectivity index (χ0) is 14.8. The van der Waals surface area contributed by atoms with Gasteiger partial charge in [-0.2, -0.15) is 0 Å². The SMILES string of the molecule is COc1ccc(-c2cncc(C3CCCN3C)c2)cc1F. The Kier molecular flexibility index (Phi) is 3.88. The van der Waals surface area contributed by atoms with Crippen LogP contribution in [0.3, 0.4) is 0 Å². The molecule has 4 heteroatoms. The summed E-state index contributed by atoms with van der Waals surface area (Å²) >= 11 is 0. The van der Waals surface area contributed by atoms with Gasteiger partial charge in [-0.3, -0.25) is 9.88 Å². The highest BCUT2D eigenvalue weighted by Crippen LogP contribution is 2.32. The fourth-order valence-electron chi connectivity index (χ4n) is 2.98. The number of rotatable bonds is 3. The van der Waals surface area contributed by atoms with Crippen LogP contribution in [-0.4, -0.2) is 30.6 Å². The van der Waals surface area contributed by atoms with E-state index < -0.39 is 0 Å². The van der Waals surface area contributed by atoms with Gasteiger partial charge < -0.3 is 4.74 Å². The first-order chi connectivity index (χ1) is 10.2. The number of pyridine rings is 1. The molecular weight excluding hydrogens is 267 g/mol. The van der Waals surface area contributed by atoms with Crippen LogP contribution < -0.4 is 4.74 Å². The van der Waals surface area contributed by atoms with Gasteiger partial charge in [-0.1, -0.05) is 6.07 Å². The van der Waals surface area contributed by atoms with Crippen molar-refractivity contribution < 1.29 is 9.13 Å². The van der Waals surface area contributed by atoms with Crippen LogP contribution in [0.15, 0.2) is 36.7 Å². The van der Waals surface area contributed by atoms with Crippen LogP contribution in [0.2, 0.25) is 0 Å². The standard InChI is InChI=1S/C17H19FN2O/c1-20-7-3-4-16(20)14-8-13(10-19-11-14)12-5-6-17(21-2)15(18)9-12/h5-6,8-11,16H,3-4,7H2,1-2H3. The molecule has 1 atom stereocenters. The van der Waals surface area contributed by atoms with Gasteiger partial charge in [0.2, 0.25) is 0 Å². The normalized spacial score (nSPS) is 18.9. The smallest absolute Gasteiger partial charge is 0.165 e. The average Bonchev–Trinajstić information content (AvgIpc) is 2.93. The van der Waals surface area contributed by atoms with Crippen molar-refractivity contribution in [3.63, 3.8) is 0 Å². The Hall–Kier alpha value is -1.94. The van der Waals surface area contributed by atoms with E-state index in [1.54, 1.807) is 12.3 Å². The number of halogens is 1. The number of methoxy groups -OCH3 is 1. The van der Waals surface area contributed by atoms with Crippen molar-refractivity contribution in [1.82, 2.24) is 9.88 Å². The van der Waals surface area contributed by atoms with Crippen molar-refractivity contribution in [2.45, 2.75) is 18.9 Å². The molecule has 3 rings (SSSR count). The first-order valence-electron chi connectivity index (χ1n) is 7.18. The molecule has 0 aliphatic carbocycles. The van der Waals surface area contributed by atoms with Crippen molar-refractivity contribution in [3.8, 4) is 16.9 Å². The molecule has 1 aliphatic heterocycles. The zero-order valence-corrected chi connectivity index (χ0v) is 12.3. The number of benzene rings is 1. The highest BCUT2D eigenvalue weighted by atomic mass is 19.1. The minimum Gasteiger partial charge on any atom is -0.494 e. The molecule has 0 bridgehead atoms. The Labute approximate surface area is 124 Å². The van der Waals surface area contributed by atoms with Gasteiger partial charge >= 0.3 is 0 Å². The number of likely N-dealkylation sites (tertiary alicyclic amines) is 1. The van der Waals surface area contributed by atoms with Gasteiger partial charge in [-0.05, 0) is 55.8 Å². The number of hydrogen-bond acceptors (Lipinski definition) is 3. The summed E-state index contributed by atoms with van der Waals surface area (Å²) in [6.07, 6.45) is 6.05. The Morgan fingerprint density at radius 3 is 2.76 bits per heavy atom. The molecule has 110 valence electrons. The molecule has 3 nitrogen and oxygen atoms in total. The summed E-state index contributed by atoms with van der Waals surface area (Å²) in [5, 5.41) is 0. The lowest BCUT2D eigenvalue weighted by atomic mass is 10.0. The first kappa shape index (κ1) is 14.0. The maximum absolute atomic E-state index is 13.8. The Bertz CT molecular complexity index is 644. The van der Waals surface area contributed by atoms with Crippen LogP contribution in [-0.2, 0) is 0 Å². The zero-order valence-electron chi connectivity index (χ0n) is 12.3. The predicted octanol–water partition coefficient (Wildman–Crippen LogP) is 3.66. The molecular formula is C17H19FN2O. The average molecular weight is 286 g/mol. The lowest BCUT2D eigenvalue weighted by Crippen LogP contribution is -2.17. The quantitative estimate of drug-likeness (QED) is 0.861. The van der Waals surface area contributed by atoms with E-state index in [4.69, 9.17) is 4.74 Å². The van der Waals surface area contributed by atoms with Crippen molar-refractivity contribution in [2.75, 3.05) is 20.7 Å². The summed E-state index contributed by atoms with van der Waals surface area (Å²) in [5.74, 6) is -0.0863. The van der Waals surface area contributed by atoms with E-state index in [-0.39, 0.29) is 11.6 Å². The monoisotopic (exact) mass is 286 g/mol. The van der Waals surface area contributed by atoms with Crippen LogP contribution in [0, 0.1) is 5.82 Å². The van der Waals surface area contributed by atoms with E-state index in [9.17, 15) is 4.39 Å².